The number of benzene rings is 1. The van der Waals surface area contributed by atoms with E-state index in [0.29, 0.717) is 11.6 Å². The lowest BCUT2D eigenvalue weighted by atomic mass is 10.1. The van der Waals surface area contributed by atoms with Gasteiger partial charge in [0, 0.05) is 22.8 Å². The highest BCUT2D eigenvalue weighted by molar-refractivity contribution is 6.31. The second-order valence-electron chi connectivity index (χ2n) is 3.33. The van der Waals surface area contributed by atoms with Crippen molar-refractivity contribution in [3.8, 4) is 0 Å². The Bertz CT molecular complexity index is 395. The third-order valence-corrected chi connectivity index (χ3v) is 2.54. The molecule has 0 saturated carbocycles. The van der Waals surface area contributed by atoms with Gasteiger partial charge in [0.15, 0.2) is 0 Å². The van der Waals surface area contributed by atoms with Gasteiger partial charge in [-0.25, -0.2) is 0 Å². The fourth-order valence-corrected chi connectivity index (χ4v) is 1.82. The van der Waals surface area contributed by atoms with Crippen LogP contribution in [0.25, 0.3) is 0 Å². The van der Waals surface area contributed by atoms with Crippen molar-refractivity contribution in [3.63, 3.8) is 0 Å². The minimum absolute atomic E-state index is 0.00665. The maximum absolute atomic E-state index is 11.6. The van der Waals surface area contributed by atoms with Crippen LogP contribution in [0.3, 0.4) is 0 Å². The van der Waals surface area contributed by atoms with Crippen LogP contribution in [0.1, 0.15) is 11.6 Å². The monoisotopic (exact) mass is 226 g/mol. The minimum Gasteiger partial charge on any atom is -0.395 e. The van der Waals surface area contributed by atoms with Crippen LogP contribution >= 0.6 is 11.6 Å². The van der Waals surface area contributed by atoms with Crippen LogP contribution in [0.2, 0.25) is 5.02 Å². The quantitative estimate of drug-likeness (QED) is 0.718. The summed E-state index contributed by atoms with van der Waals surface area (Å²) in [7, 11) is 0. The SMILES string of the molecule is O=C1Nc2cc(Cl)ccc2C1NCCO. The van der Waals surface area contributed by atoms with E-state index in [-0.39, 0.29) is 18.6 Å². The fraction of sp³-hybridized carbons (Fsp3) is 0.300. The molecule has 0 radical (unpaired) electrons. The molecule has 1 aliphatic rings. The molecule has 1 aromatic rings. The first-order chi connectivity index (χ1) is 7.22. The van der Waals surface area contributed by atoms with Gasteiger partial charge in [0.2, 0.25) is 5.91 Å². The molecule has 80 valence electrons. The Morgan fingerprint density at radius 1 is 1.53 bits per heavy atom. The van der Waals surface area contributed by atoms with Crippen LogP contribution in [0.15, 0.2) is 18.2 Å². The van der Waals surface area contributed by atoms with E-state index in [4.69, 9.17) is 16.7 Å². The second kappa shape index (κ2) is 4.18. The molecule has 0 bridgehead atoms. The molecule has 1 atom stereocenters. The third kappa shape index (κ3) is 1.97. The third-order valence-electron chi connectivity index (χ3n) is 2.31. The molecule has 4 nitrogen and oxygen atoms in total. The molecule has 0 aliphatic carbocycles. The summed E-state index contributed by atoms with van der Waals surface area (Å²) in [5.41, 5.74) is 1.61. The van der Waals surface area contributed by atoms with Gasteiger partial charge in [0.25, 0.3) is 0 Å². The molecule has 1 amide bonds. The van der Waals surface area contributed by atoms with Gasteiger partial charge in [-0.3, -0.25) is 10.1 Å². The Balaban J connectivity index is 2.25. The summed E-state index contributed by atoms with van der Waals surface area (Å²) in [6.07, 6.45) is 0. The number of anilines is 1. The highest BCUT2D eigenvalue weighted by Crippen LogP contribution is 2.32. The molecule has 3 N–H and O–H groups in total. The van der Waals surface area contributed by atoms with Gasteiger partial charge in [-0.1, -0.05) is 17.7 Å². The Morgan fingerprint density at radius 2 is 2.33 bits per heavy atom. The number of nitrogens with one attached hydrogen (secondary N) is 2. The van der Waals surface area contributed by atoms with Crippen molar-refractivity contribution in [2.24, 2.45) is 0 Å². The van der Waals surface area contributed by atoms with E-state index in [1.54, 1.807) is 12.1 Å². The number of amides is 1. The lowest BCUT2D eigenvalue weighted by Crippen LogP contribution is -2.29. The van der Waals surface area contributed by atoms with E-state index in [1.165, 1.54) is 0 Å². The Hall–Kier alpha value is -1.10. The van der Waals surface area contributed by atoms with Crippen LogP contribution in [0.4, 0.5) is 5.69 Å². The highest BCUT2D eigenvalue weighted by atomic mass is 35.5. The molecule has 0 saturated heterocycles. The molecule has 0 fully saturated rings. The zero-order valence-electron chi connectivity index (χ0n) is 7.96. The summed E-state index contributed by atoms with van der Waals surface area (Å²) in [6.45, 7) is 0.396. The first kappa shape index (κ1) is 10.4. The summed E-state index contributed by atoms with van der Waals surface area (Å²) in [4.78, 5) is 11.6. The van der Waals surface area contributed by atoms with Crippen molar-refractivity contribution >= 4 is 23.2 Å². The predicted molar refractivity (Wildman–Crippen MR) is 57.9 cm³/mol. The topological polar surface area (TPSA) is 61.4 Å². The molecular formula is C10H11ClN2O2. The zero-order valence-corrected chi connectivity index (χ0v) is 8.71. The lowest BCUT2D eigenvalue weighted by Gasteiger charge is -2.09. The lowest BCUT2D eigenvalue weighted by molar-refractivity contribution is -0.117. The smallest absolute Gasteiger partial charge is 0.246 e. The van der Waals surface area contributed by atoms with Crippen molar-refractivity contribution in [2.75, 3.05) is 18.5 Å². The van der Waals surface area contributed by atoms with Crippen molar-refractivity contribution in [2.45, 2.75) is 6.04 Å². The average Bonchev–Trinajstić information content (AvgIpc) is 2.50. The summed E-state index contributed by atoms with van der Waals surface area (Å²) in [6, 6.07) is 4.89. The number of carbonyl (C=O) groups excluding carboxylic acids is 1. The fourth-order valence-electron chi connectivity index (χ4n) is 1.65. The van der Waals surface area contributed by atoms with Crippen LogP contribution in [0, 0.1) is 0 Å². The number of hydrogen-bond acceptors (Lipinski definition) is 3. The standard InChI is InChI=1S/C10H11ClN2O2/c11-6-1-2-7-8(5-6)13-10(15)9(7)12-3-4-14/h1-2,5,9,12,14H,3-4H2,(H,13,15). The summed E-state index contributed by atoms with van der Waals surface area (Å²) in [5, 5.41) is 15.0. The van der Waals surface area contributed by atoms with Gasteiger partial charge < -0.3 is 10.4 Å². The molecule has 5 heteroatoms. The van der Waals surface area contributed by atoms with Gasteiger partial charge >= 0.3 is 0 Å². The van der Waals surface area contributed by atoms with E-state index in [9.17, 15) is 4.79 Å². The number of halogens is 1. The van der Waals surface area contributed by atoms with Gasteiger partial charge in [0.1, 0.15) is 6.04 Å². The van der Waals surface area contributed by atoms with Crippen molar-refractivity contribution in [1.29, 1.82) is 0 Å². The molecule has 2 rings (SSSR count). The van der Waals surface area contributed by atoms with E-state index in [1.807, 2.05) is 6.07 Å². The van der Waals surface area contributed by atoms with Gasteiger partial charge in [0.05, 0.1) is 6.61 Å². The number of rotatable bonds is 3. The Kier molecular flexibility index (Phi) is 2.90. The van der Waals surface area contributed by atoms with Crippen molar-refractivity contribution < 1.29 is 9.90 Å². The number of aliphatic hydroxyl groups excluding tert-OH is 1. The maximum atomic E-state index is 11.6. The number of carbonyl (C=O) groups is 1. The van der Waals surface area contributed by atoms with Crippen molar-refractivity contribution in [3.05, 3.63) is 28.8 Å². The van der Waals surface area contributed by atoms with E-state index in [0.717, 1.165) is 11.3 Å². The van der Waals surface area contributed by atoms with Crippen molar-refractivity contribution in [1.82, 2.24) is 5.32 Å². The summed E-state index contributed by atoms with van der Waals surface area (Å²) >= 11 is 5.81. The number of fused-ring (bicyclic) bond motifs is 1. The average molecular weight is 227 g/mol. The van der Waals surface area contributed by atoms with E-state index < -0.39 is 0 Å². The number of hydrogen-bond donors (Lipinski definition) is 3. The first-order valence-electron chi connectivity index (χ1n) is 4.67. The van der Waals surface area contributed by atoms with E-state index in [2.05, 4.69) is 10.6 Å². The molecular weight excluding hydrogens is 216 g/mol. The predicted octanol–water partition coefficient (Wildman–Crippen LogP) is 0.915. The largest absolute Gasteiger partial charge is 0.395 e. The molecule has 0 spiro atoms. The molecule has 15 heavy (non-hydrogen) atoms. The maximum Gasteiger partial charge on any atom is 0.246 e. The normalized spacial score (nSPS) is 18.8. The van der Waals surface area contributed by atoms with Crippen LogP contribution in [0.5, 0.6) is 0 Å². The number of aliphatic hydroxyl groups is 1. The summed E-state index contributed by atoms with van der Waals surface area (Å²) < 4.78 is 0. The van der Waals surface area contributed by atoms with Gasteiger partial charge in [-0.15, -0.1) is 0 Å². The van der Waals surface area contributed by atoms with Crippen LogP contribution < -0.4 is 10.6 Å². The van der Waals surface area contributed by atoms with Crippen LogP contribution in [-0.4, -0.2) is 24.2 Å². The van der Waals surface area contributed by atoms with Gasteiger partial charge in [-0.2, -0.15) is 0 Å². The van der Waals surface area contributed by atoms with Crippen LogP contribution in [-0.2, 0) is 4.79 Å². The second-order valence-corrected chi connectivity index (χ2v) is 3.77. The zero-order chi connectivity index (χ0) is 10.8. The molecule has 1 aromatic carbocycles. The molecule has 1 heterocycles. The molecule has 0 aromatic heterocycles. The van der Waals surface area contributed by atoms with Gasteiger partial charge in [-0.05, 0) is 12.1 Å². The Morgan fingerprint density at radius 3 is 3.07 bits per heavy atom. The molecule has 1 aliphatic heterocycles. The first-order valence-corrected chi connectivity index (χ1v) is 5.04. The summed E-state index contributed by atoms with van der Waals surface area (Å²) in [5.74, 6) is -0.110. The molecule has 1 unspecified atom stereocenters. The highest BCUT2D eigenvalue weighted by Gasteiger charge is 2.29. The Labute approximate surface area is 92.2 Å². The van der Waals surface area contributed by atoms with E-state index >= 15 is 0 Å². The minimum atomic E-state index is -0.385.